The lowest BCUT2D eigenvalue weighted by molar-refractivity contribution is -0.144. The second-order valence-electron chi connectivity index (χ2n) is 8.19. The van der Waals surface area contributed by atoms with Gasteiger partial charge in [-0.1, -0.05) is 90.9 Å². The van der Waals surface area contributed by atoms with Crippen molar-refractivity contribution in [1.82, 2.24) is 0 Å². The molecule has 0 rings (SSSR count). The summed E-state index contributed by atoms with van der Waals surface area (Å²) in [6.45, 7) is 5.54. The molecule has 0 bridgehead atoms. The zero-order valence-electron chi connectivity index (χ0n) is 19.9. The Morgan fingerprint density at radius 1 is 0.567 bits per heavy atom. The molecule has 0 spiro atoms. The molecule has 0 aliphatic rings. The topological polar surface area (TPSA) is 52.6 Å². The summed E-state index contributed by atoms with van der Waals surface area (Å²) >= 11 is 1.70. The minimum atomic E-state index is -0.0585. The van der Waals surface area contributed by atoms with Crippen molar-refractivity contribution in [1.29, 1.82) is 0 Å². The van der Waals surface area contributed by atoms with Crippen LogP contribution in [0.15, 0.2) is 0 Å². The first-order chi connectivity index (χ1) is 14.7. The van der Waals surface area contributed by atoms with E-state index in [0.29, 0.717) is 25.4 Å². The molecule has 0 fully saturated rings. The Bertz CT molecular complexity index is 351. The van der Waals surface area contributed by atoms with Crippen LogP contribution in [0.25, 0.3) is 0 Å². The molecular weight excluding hydrogens is 396 g/mol. The van der Waals surface area contributed by atoms with Crippen LogP contribution >= 0.6 is 11.8 Å². The van der Waals surface area contributed by atoms with Crippen molar-refractivity contribution in [2.24, 2.45) is 0 Å². The third kappa shape index (κ3) is 23.6. The highest BCUT2D eigenvalue weighted by Crippen LogP contribution is 2.12. The summed E-state index contributed by atoms with van der Waals surface area (Å²) < 4.78 is 10.5. The van der Waals surface area contributed by atoms with Crippen molar-refractivity contribution in [2.45, 2.75) is 123 Å². The van der Waals surface area contributed by atoms with Crippen LogP contribution in [0.4, 0.5) is 0 Å². The Kier molecular flexibility index (Phi) is 24.0. The molecule has 0 aromatic carbocycles. The van der Waals surface area contributed by atoms with E-state index in [1.165, 1.54) is 64.2 Å². The molecule has 0 aliphatic heterocycles. The average Bonchev–Trinajstić information content (AvgIpc) is 2.74. The van der Waals surface area contributed by atoms with Crippen molar-refractivity contribution in [3.8, 4) is 0 Å². The maximum absolute atomic E-state index is 11.6. The molecular formula is C25H48O4S. The second-order valence-corrected chi connectivity index (χ2v) is 9.30. The highest BCUT2D eigenvalue weighted by molar-refractivity contribution is 7.99. The fourth-order valence-electron chi connectivity index (χ4n) is 3.23. The quantitative estimate of drug-likeness (QED) is 0.121. The van der Waals surface area contributed by atoms with Gasteiger partial charge in [-0.05, 0) is 31.4 Å². The summed E-state index contributed by atoms with van der Waals surface area (Å²) in [4.78, 5) is 23.2. The number of esters is 2. The number of carbonyl (C=O) groups excluding carboxylic acids is 2. The monoisotopic (exact) mass is 444 g/mol. The molecule has 0 N–H and O–H groups in total. The highest BCUT2D eigenvalue weighted by atomic mass is 32.2. The Morgan fingerprint density at radius 2 is 1.03 bits per heavy atom. The first-order valence-corrected chi connectivity index (χ1v) is 13.7. The van der Waals surface area contributed by atoms with Crippen LogP contribution in [-0.2, 0) is 19.1 Å². The van der Waals surface area contributed by atoms with E-state index in [1.807, 2.05) is 0 Å². The first-order valence-electron chi connectivity index (χ1n) is 12.6. The number of thioether (sulfide) groups is 1. The van der Waals surface area contributed by atoms with Gasteiger partial charge in [0.2, 0.25) is 0 Å². The van der Waals surface area contributed by atoms with Crippen LogP contribution in [0.5, 0.6) is 0 Å². The molecule has 0 amide bonds. The van der Waals surface area contributed by atoms with Crippen LogP contribution in [0.3, 0.4) is 0 Å². The van der Waals surface area contributed by atoms with Crippen LogP contribution in [0.2, 0.25) is 0 Å². The zero-order chi connectivity index (χ0) is 22.1. The lowest BCUT2D eigenvalue weighted by atomic mass is 10.1. The van der Waals surface area contributed by atoms with Crippen molar-refractivity contribution in [2.75, 3.05) is 24.7 Å². The molecule has 0 heterocycles. The Balaban J connectivity index is 3.20. The number of hydrogen-bond donors (Lipinski definition) is 0. The predicted molar refractivity (Wildman–Crippen MR) is 129 cm³/mol. The molecule has 0 unspecified atom stereocenters. The number of rotatable bonds is 23. The maximum atomic E-state index is 11.6. The van der Waals surface area contributed by atoms with Crippen LogP contribution < -0.4 is 0 Å². The van der Waals surface area contributed by atoms with E-state index in [-0.39, 0.29) is 11.9 Å². The SMILES string of the molecule is CCCCCCOC(=O)CCCCCCCCCCSCC(=O)OCCCCCC. The number of hydrogen-bond acceptors (Lipinski definition) is 5. The largest absolute Gasteiger partial charge is 0.466 e. The van der Waals surface area contributed by atoms with Crippen LogP contribution in [0, 0.1) is 0 Å². The molecule has 30 heavy (non-hydrogen) atoms. The lowest BCUT2D eigenvalue weighted by Crippen LogP contribution is -2.08. The molecule has 0 saturated carbocycles. The summed E-state index contributed by atoms with van der Waals surface area (Å²) in [5.41, 5.74) is 0. The summed E-state index contributed by atoms with van der Waals surface area (Å²) in [5, 5.41) is 0. The van der Waals surface area contributed by atoms with Gasteiger partial charge in [-0.15, -0.1) is 0 Å². The van der Waals surface area contributed by atoms with Gasteiger partial charge in [-0.2, -0.15) is 11.8 Å². The van der Waals surface area contributed by atoms with Crippen molar-refractivity contribution >= 4 is 23.7 Å². The molecule has 0 aromatic heterocycles. The summed E-state index contributed by atoms with van der Waals surface area (Å²) in [5.74, 6) is 1.46. The minimum absolute atomic E-state index is 0.0237. The Morgan fingerprint density at radius 3 is 1.60 bits per heavy atom. The fraction of sp³-hybridized carbons (Fsp3) is 0.920. The van der Waals surface area contributed by atoms with E-state index in [0.717, 1.165) is 44.3 Å². The molecule has 178 valence electrons. The van der Waals surface area contributed by atoms with E-state index in [4.69, 9.17) is 9.47 Å². The van der Waals surface area contributed by atoms with E-state index in [1.54, 1.807) is 11.8 Å². The number of unbranched alkanes of at least 4 members (excludes halogenated alkanes) is 13. The van der Waals surface area contributed by atoms with Gasteiger partial charge in [0.15, 0.2) is 0 Å². The molecule has 0 radical (unpaired) electrons. The zero-order valence-corrected chi connectivity index (χ0v) is 20.7. The summed E-state index contributed by atoms with van der Waals surface area (Å²) in [6.07, 6.45) is 19.3. The molecule has 0 atom stereocenters. The molecule has 0 aliphatic carbocycles. The normalized spacial score (nSPS) is 10.9. The minimum Gasteiger partial charge on any atom is -0.466 e. The van der Waals surface area contributed by atoms with Gasteiger partial charge in [0.1, 0.15) is 0 Å². The van der Waals surface area contributed by atoms with Gasteiger partial charge in [0, 0.05) is 6.42 Å². The van der Waals surface area contributed by atoms with Gasteiger partial charge in [0.05, 0.1) is 19.0 Å². The van der Waals surface area contributed by atoms with E-state index in [9.17, 15) is 9.59 Å². The van der Waals surface area contributed by atoms with E-state index in [2.05, 4.69) is 13.8 Å². The molecule has 4 nitrogen and oxygen atoms in total. The number of ether oxygens (including phenoxy) is 2. The Labute approximate surface area is 190 Å². The highest BCUT2D eigenvalue weighted by Gasteiger charge is 2.03. The first kappa shape index (κ1) is 29.3. The van der Waals surface area contributed by atoms with E-state index < -0.39 is 0 Å². The van der Waals surface area contributed by atoms with Gasteiger partial charge in [-0.3, -0.25) is 9.59 Å². The summed E-state index contributed by atoms with van der Waals surface area (Å²) in [6, 6.07) is 0. The maximum Gasteiger partial charge on any atom is 0.315 e. The van der Waals surface area contributed by atoms with Crippen molar-refractivity contribution in [3.63, 3.8) is 0 Å². The predicted octanol–water partition coefficient (Wildman–Crippen LogP) is 7.48. The summed E-state index contributed by atoms with van der Waals surface area (Å²) in [7, 11) is 0. The fourth-order valence-corrected chi connectivity index (χ4v) is 4.04. The van der Waals surface area contributed by atoms with E-state index >= 15 is 0 Å². The standard InChI is InChI=1S/C25H48O4S/c1-3-5-7-16-20-28-24(26)19-15-13-11-9-10-12-14-18-22-30-23-25(27)29-21-17-8-6-4-2/h3-23H2,1-2H3. The van der Waals surface area contributed by atoms with Crippen molar-refractivity contribution < 1.29 is 19.1 Å². The third-order valence-corrected chi connectivity index (χ3v) is 6.18. The van der Waals surface area contributed by atoms with Gasteiger partial charge >= 0.3 is 11.9 Å². The molecule has 5 heteroatoms. The third-order valence-electron chi connectivity index (χ3n) is 5.16. The van der Waals surface area contributed by atoms with Gasteiger partial charge in [0.25, 0.3) is 0 Å². The number of carbonyl (C=O) groups is 2. The molecule has 0 saturated heterocycles. The Hall–Kier alpha value is -0.710. The average molecular weight is 445 g/mol. The van der Waals surface area contributed by atoms with Crippen LogP contribution in [-0.4, -0.2) is 36.7 Å². The molecule has 0 aromatic rings. The van der Waals surface area contributed by atoms with Gasteiger partial charge < -0.3 is 9.47 Å². The second kappa shape index (κ2) is 24.6. The smallest absolute Gasteiger partial charge is 0.315 e. The van der Waals surface area contributed by atoms with Crippen molar-refractivity contribution in [3.05, 3.63) is 0 Å². The van der Waals surface area contributed by atoms with Gasteiger partial charge in [-0.25, -0.2) is 0 Å². The lowest BCUT2D eigenvalue weighted by Gasteiger charge is -2.05. The van der Waals surface area contributed by atoms with Crippen LogP contribution in [0.1, 0.15) is 123 Å².